The van der Waals surface area contributed by atoms with Crippen LogP contribution in [0.15, 0.2) is 49.3 Å². The number of amides is 2. The maximum Gasteiger partial charge on any atom is 0.255 e. The maximum absolute atomic E-state index is 14.4. The van der Waals surface area contributed by atoms with Gasteiger partial charge < -0.3 is 34.7 Å². The number of hydrogen-bond acceptors (Lipinski definition) is 7. The lowest BCUT2D eigenvalue weighted by Gasteiger charge is -2.34. The molecule has 0 saturated carbocycles. The van der Waals surface area contributed by atoms with Gasteiger partial charge in [-0.1, -0.05) is 12.6 Å². The second-order valence-electron chi connectivity index (χ2n) is 8.83. The first kappa shape index (κ1) is 25.3. The number of fused-ring (bicyclic) bond motifs is 1. The standard InChI is InChI=1S/C27H28FN5O5/c1-3-22(34)33-11-12-37-14-16(33)15-38-21-13-29-9-7-17(21)24-25(23-19(31-24)8-10-30-27(23)35)32-20-6-4-5-18(28)26(20)36-2/h3-7,9,13,16,31-32H,1,8,10-12,14-15H2,2H3,(H,30,35)/t16-/m0/s1. The Morgan fingerprint density at radius 1 is 1.39 bits per heavy atom. The van der Waals surface area contributed by atoms with E-state index >= 15 is 0 Å². The number of hydrogen-bond donors (Lipinski definition) is 3. The second kappa shape index (κ2) is 10.9. The van der Waals surface area contributed by atoms with Gasteiger partial charge in [-0.3, -0.25) is 14.6 Å². The largest absolute Gasteiger partial charge is 0.492 e. The van der Waals surface area contributed by atoms with E-state index in [4.69, 9.17) is 14.2 Å². The zero-order chi connectivity index (χ0) is 26.6. The molecule has 0 radical (unpaired) electrons. The van der Waals surface area contributed by atoms with E-state index in [0.717, 1.165) is 5.69 Å². The van der Waals surface area contributed by atoms with Crippen LogP contribution in [-0.2, 0) is 16.0 Å². The number of nitrogens with one attached hydrogen (secondary N) is 3. The topological polar surface area (TPSA) is 118 Å². The van der Waals surface area contributed by atoms with Gasteiger partial charge in [0.2, 0.25) is 5.91 Å². The first-order valence-electron chi connectivity index (χ1n) is 12.2. The molecule has 5 rings (SSSR count). The van der Waals surface area contributed by atoms with Gasteiger partial charge in [-0.05, 0) is 24.3 Å². The highest BCUT2D eigenvalue weighted by Crippen LogP contribution is 2.42. The Kier molecular flexibility index (Phi) is 7.27. The van der Waals surface area contributed by atoms with Crippen molar-refractivity contribution < 1.29 is 28.2 Å². The summed E-state index contributed by atoms with van der Waals surface area (Å²) >= 11 is 0. The van der Waals surface area contributed by atoms with Crippen LogP contribution in [0, 0.1) is 5.82 Å². The van der Waals surface area contributed by atoms with Crippen LogP contribution in [0.2, 0.25) is 0 Å². The lowest BCUT2D eigenvalue weighted by molar-refractivity contribution is -0.135. The zero-order valence-electron chi connectivity index (χ0n) is 20.9. The highest BCUT2D eigenvalue weighted by atomic mass is 19.1. The highest BCUT2D eigenvalue weighted by Gasteiger charge is 2.30. The Morgan fingerprint density at radius 2 is 2.26 bits per heavy atom. The van der Waals surface area contributed by atoms with Crippen molar-refractivity contribution >= 4 is 23.2 Å². The molecule has 3 N–H and O–H groups in total. The number of para-hydroxylation sites is 1. The monoisotopic (exact) mass is 521 g/mol. The van der Waals surface area contributed by atoms with E-state index in [1.54, 1.807) is 35.5 Å². The van der Waals surface area contributed by atoms with Gasteiger partial charge >= 0.3 is 0 Å². The third-order valence-electron chi connectivity index (χ3n) is 6.57. The van der Waals surface area contributed by atoms with Gasteiger partial charge in [0.1, 0.15) is 12.4 Å². The van der Waals surface area contributed by atoms with Crippen LogP contribution in [-0.4, -0.2) is 72.7 Å². The minimum absolute atomic E-state index is 0.0279. The average molecular weight is 522 g/mol. The van der Waals surface area contributed by atoms with Crippen molar-refractivity contribution in [3.63, 3.8) is 0 Å². The summed E-state index contributed by atoms with van der Waals surface area (Å²) in [6.45, 7) is 5.46. The number of halogens is 1. The van der Waals surface area contributed by atoms with Crippen LogP contribution >= 0.6 is 0 Å². The first-order chi connectivity index (χ1) is 18.5. The number of aromatic nitrogens is 2. The van der Waals surface area contributed by atoms with Crippen LogP contribution in [0.25, 0.3) is 11.3 Å². The summed E-state index contributed by atoms with van der Waals surface area (Å²) in [7, 11) is 1.38. The highest BCUT2D eigenvalue weighted by molar-refractivity contribution is 6.06. The molecule has 3 aromatic rings. The number of carbonyl (C=O) groups excluding carboxylic acids is 2. The maximum atomic E-state index is 14.4. The van der Waals surface area contributed by atoms with Crippen molar-refractivity contribution in [3.05, 3.63) is 66.4 Å². The minimum Gasteiger partial charge on any atom is -0.492 e. The molecule has 4 heterocycles. The van der Waals surface area contributed by atoms with Gasteiger partial charge in [0, 0.05) is 37.0 Å². The van der Waals surface area contributed by atoms with Crippen molar-refractivity contribution in [2.45, 2.75) is 12.5 Å². The molecule has 11 heteroatoms. The minimum atomic E-state index is -0.533. The van der Waals surface area contributed by atoms with Crippen molar-refractivity contribution in [1.29, 1.82) is 0 Å². The molecule has 38 heavy (non-hydrogen) atoms. The molecule has 2 amide bonds. The number of morpholine rings is 1. The summed E-state index contributed by atoms with van der Waals surface area (Å²) < 4.78 is 31.5. The third-order valence-corrected chi connectivity index (χ3v) is 6.57. The number of carbonyl (C=O) groups is 2. The average Bonchev–Trinajstić information content (AvgIpc) is 3.31. The molecule has 10 nitrogen and oxygen atoms in total. The first-order valence-corrected chi connectivity index (χ1v) is 12.2. The summed E-state index contributed by atoms with van der Waals surface area (Å²) in [5.74, 6) is -0.500. The fourth-order valence-corrected chi connectivity index (χ4v) is 4.74. The van der Waals surface area contributed by atoms with Gasteiger partial charge in [0.15, 0.2) is 11.6 Å². The number of rotatable bonds is 8. The van der Waals surface area contributed by atoms with Crippen LogP contribution in [0.4, 0.5) is 15.8 Å². The molecule has 1 fully saturated rings. The fraction of sp³-hybridized carbons (Fsp3) is 0.296. The van der Waals surface area contributed by atoms with E-state index in [9.17, 15) is 14.0 Å². The van der Waals surface area contributed by atoms with Crippen molar-refractivity contribution in [2.24, 2.45) is 0 Å². The van der Waals surface area contributed by atoms with Crippen LogP contribution < -0.4 is 20.1 Å². The lowest BCUT2D eigenvalue weighted by atomic mass is 10.0. The molecular weight excluding hydrogens is 493 g/mol. The Balaban J connectivity index is 1.52. The molecule has 0 spiro atoms. The number of aromatic amines is 1. The Labute approximate surface area is 218 Å². The third kappa shape index (κ3) is 4.80. The number of ether oxygens (including phenoxy) is 3. The quantitative estimate of drug-likeness (QED) is 0.390. The number of H-pyrrole nitrogens is 1. The predicted octanol–water partition coefficient (Wildman–Crippen LogP) is 3.05. The fourth-order valence-electron chi connectivity index (χ4n) is 4.74. The Bertz CT molecular complexity index is 1370. The van der Waals surface area contributed by atoms with Gasteiger partial charge in [-0.2, -0.15) is 0 Å². The molecule has 0 bridgehead atoms. The van der Waals surface area contributed by atoms with E-state index < -0.39 is 5.82 Å². The number of nitrogens with zero attached hydrogens (tertiary/aromatic N) is 2. The summed E-state index contributed by atoms with van der Waals surface area (Å²) in [5.41, 5.74) is 3.22. The second-order valence-corrected chi connectivity index (χ2v) is 8.83. The van der Waals surface area contributed by atoms with Gasteiger partial charge in [-0.15, -0.1) is 0 Å². The summed E-state index contributed by atoms with van der Waals surface area (Å²) in [6.07, 6.45) is 5.06. The molecule has 0 aliphatic carbocycles. The lowest BCUT2D eigenvalue weighted by Crippen LogP contribution is -2.50. The molecule has 2 aliphatic heterocycles. The van der Waals surface area contributed by atoms with Crippen LogP contribution in [0.1, 0.15) is 16.1 Å². The molecule has 1 aromatic carbocycles. The van der Waals surface area contributed by atoms with Crippen LogP contribution in [0.5, 0.6) is 11.5 Å². The van der Waals surface area contributed by atoms with Gasteiger partial charge in [0.25, 0.3) is 5.91 Å². The summed E-state index contributed by atoms with van der Waals surface area (Å²) in [4.78, 5) is 34.5. The van der Waals surface area contributed by atoms with Crippen LogP contribution in [0.3, 0.4) is 0 Å². The molecule has 2 aromatic heterocycles. The zero-order valence-corrected chi connectivity index (χ0v) is 20.9. The molecule has 2 aliphatic rings. The van der Waals surface area contributed by atoms with Crippen molar-refractivity contribution in [2.75, 3.05) is 45.3 Å². The molecule has 0 unspecified atom stereocenters. The normalized spacial score (nSPS) is 16.8. The smallest absolute Gasteiger partial charge is 0.255 e. The summed E-state index contributed by atoms with van der Waals surface area (Å²) in [6, 6.07) is 5.99. The van der Waals surface area contributed by atoms with E-state index in [1.165, 1.54) is 19.3 Å². The molecule has 198 valence electrons. The molecule has 1 saturated heterocycles. The number of benzene rings is 1. The molecule has 1 atom stereocenters. The summed E-state index contributed by atoms with van der Waals surface area (Å²) in [5, 5.41) is 6.08. The number of anilines is 2. The number of pyridine rings is 1. The number of methoxy groups -OCH3 is 1. The van der Waals surface area contributed by atoms with E-state index in [-0.39, 0.29) is 30.2 Å². The van der Waals surface area contributed by atoms with Crippen molar-refractivity contribution in [3.8, 4) is 22.8 Å². The SMILES string of the molecule is C=CC(=O)N1CCOC[C@H]1COc1cnccc1-c1[nH]c2c(c1Nc1cccc(F)c1OC)C(=O)NCC2. The van der Waals surface area contributed by atoms with Gasteiger partial charge in [0.05, 0.1) is 55.2 Å². The van der Waals surface area contributed by atoms with E-state index in [1.807, 2.05) is 0 Å². The Hall–Kier alpha value is -4.38. The predicted molar refractivity (Wildman–Crippen MR) is 138 cm³/mol. The Morgan fingerprint density at radius 3 is 3.08 bits per heavy atom. The van der Waals surface area contributed by atoms with Crippen molar-refractivity contribution in [1.82, 2.24) is 20.2 Å². The van der Waals surface area contributed by atoms with E-state index in [0.29, 0.717) is 66.7 Å². The van der Waals surface area contributed by atoms with Gasteiger partial charge in [-0.25, -0.2) is 4.39 Å². The van der Waals surface area contributed by atoms with E-state index in [2.05, 4.69) is 27.2 Å². The molecular formula is C27H28FN5O5.